The van der Waals surface area contributed by atoms with E-state index >= 15 is 0 Å². The molecule has 3 heterocycles. The molecule has 1 aliphatic rings. The van der Waals surface area contributed by atoms with Gasteiger partial charge in [0.25, 0.3) is 0 Å². The van der Waals surface area contributed by atoms with E-state index in [1.807, 2.05) is 20.0 Å². The molecule has 7 nitrogen and oxygen atoms in total. The van der Waals surface area contributed by atoms with Crippen LogP contribution in [-0.2, 0) is 23.6 Å². The van der Waals surface area contributed by atoms with Crippen molar-refractivity contribution in [1.82, 2.24) is 24.0 Å². The molecule has 0 bridgehead atoms. The van der Waals surface area contributed by atoms with Gasteiger partial charge in [-0.15, -0.1) is 0 Å². The molecule has 29 heavy (non-hydrogen) atoms. The predicted octanol–water partition coefficient (Wildman–Crippen LogP) is 2.06. The normalized spacial score (nSPS) is 16.6. The van der Waals surface area contributed by atoms with Gasteiger partial charge in [-0.1, -0.05) is 6.07 Å². The van der Waals surface area contributed by atoms with Gasteiger partial charge in [-0.3, -0.25) is 9.58 Å². The second-order valence-electron chi connectivity index (χ2n) is 7.15. The predicted molar refractivity (Wildman–Crippen MR) is 104 cm³/mol. The van der Waals surface area contributed by atoms with E-state index in [-0.39, 0.29) is 13.1 Å². The molecule has 0 aliphatic carbocycles. The number of piperazine rings is 1. The zero-order valence-corrected chi connectivity index (χ0v) is 17.0. The van der Waals surface area contributed by atoms with E-state index in [0.717, 1.165) is 44.8 Å². The van der Waals surface area contributed by atoms with Crippen LogP contribution in [0.1, 0.15) is 11.3 Å². The summed E-state index contributed by atoms with van der Waals surface area (Å²) in [5.74, 6) is -2.14. The number of nitrogens with zero attached hydrogens (tertiary/aromatic N) is 5. The number of sulfonamides is 1. The Balaban J connectivity index is 1.46. The molecule has 1 aliphatic heterocycles. The first-order chi connectivity index (χ1) is 13.8. The third kappa shape index (κ3) is 3.63. The van der Waals surface area contributed by atoms with Gasteiger partial charge in [0.1, 0.15) is 11.6 Å². The molecule has 3 aromatic rings. The van der Waals surface area contributed by atoms with Crippen LogP contribution in [0.15, 0.2) is 35.4 Å². The number of aromatic nitrogens is 3. The van der Waals surface area contributed by atoms with Crippen molar-refractivity contribution in [2.45, 2.75) is 18.4 Å². The molecular weight excluding hydrogens is 400 g/mol. The topological polar surface area (TPSA) is 71.3 Å². The first kappa shape index (κ1) is 19.9. The van der Waals surface area contributed by atoms with Crippen molar-refractivity contribution < 1.29 is 17.2 Å². The number of hydrogen-bond donors (Lipinski definition) is 0. The lowest BCUT2D eigenvalue weighted by atomic mass is 10.2. The summed E-state index contributed by atoms with van der Waals surface area (Å²) in [4.78, 5) is 5.68. The van der Waals surface area contributed by atoms with Crippen LogP contribution in [0.25, 0.3) is 11.0 Å². The van der Waals surface area contributed by atoms with E-state index in [1.165, 1.54) is 0 Å². The molecule has 0 spiro atoms. The third-order valence-corrected chi connectivity index (χ3v) is 7.12. The second-order valence-corrected chi connectivity index (χ2v) is 9.03. The van der Waals surface area contributed by atoms with Crippen LogP contribution in [0, 0.1) is 18.6 Å². The SMILES string of the molecule is Cc1nn(C)c2ncc(CN3CCN(S(=O)(=O)c4c(F)cccc4F)CC3)cc12. The average molecular weight is 421 g/mol. The van der Waals surface area contributed by atoms with Crippen molar-refractivity contribution in [3.8, 4) is 0 Å². The third-order valence-electron chi connectivity index (χ3n) is 5.17. The molecule has 0 atom stereocenters. The number of hydrogen-bond acceptors (Lipinski definition) is 5. The van der Waals surface area contributed by atoms with E-state index in [4.69, 9.17) is 0 Å². The fraction of sp³-hybridized carbons (Fsp3) is 0.368. The maximum Gasteiger partial charge on any atom is 0.249 e. The van der Waals surface area contributed by atoms with Crippen LogP contribution in [0.4, 0.5) is 8.78 Å². The summed E-state index contributed by atoms with van der Waals surface area (Å²) in [5, 5.41) is 5.35. The Morgan fingerprint density at radius 2 is 1.76 bits per heavy atom. The van der Waals surface area contributed by atoms with Crippen molar-refractivity contribution in [3.63, 3.8) is 0 Å². The Hall–Kier alpha value is -2.43. The van der Waals surface area contributed by atoms with Crippen LogP contribution in [0.3, 0.4) is 0 Å². The molecule has 154 valence electrons. The maximum absolute atomic E-state index is 14.0. The lowest BCUT2D eigenvalue weighted by Gasteiger charge is -2.34. The Labute approximate surface area is 167 Å². The van der Waals surface area contributed by atoms with Crippen LogP contribution >= 0.6 is 0 Å². The van der Waals surface area contributed by atoms with Crippen molar-refractivity contribution in [3.05, 3.63) is 53.4 Å². The maximum atomic E-state index is 14.0. The molecule has 1 fully saturated rings. The fourth-order valence-electron chi connectivity index (χ4n) is 3.68. The lowest BCUT2D eigenvalue weighted by molar-refractivity contribution is 0.181. The van der Waals surface area contributed by atoms with Gasteiger partial charge in [0, 0.05) is 51.4 Å². The van der Waals surface area contributed by atoms with E-state index in [9.17, 15) is 17.2 Å². The molecule has 0 N–H and O–H groups in total. The standard InChI is InChI=1S/C19H21F2N5O2S/c1-13-15-10-14(11-22-19(15)24(2)23-13)12-25-6-8-26(9-7-25)29(27,28)18-16(20)4-3-5-17(18)21/h3-5,10-11H,6-9,12H2,1-2H3. The van der Waals surface area contributed by atoms with Gasteiger partial charge in [0.2, 0.25) is 10.0 Å². The van der Waals surface area contributed by atoms with Crippen molar-refractivity contribution in [1.29, 1.82) is 0 Å². The second kappa shape index (κ2) is 7.43. The van der Waals surface area contributed by atoms with Gasteiger partial charge in [0.05, 0.1) is 5.69 Å². The van der Waals surface area contributed by atoms with Crippen molar-refractivity contribution in [2.24, 2.45) is 7.05 Å². The smallest absolute Gasteiger partial charge is 0.249 e. The molecule has 4 rings (SSSR count). The molecule has 0 unspecified atom stereocenters. The fourth-order valence-corrected chi connectivity index (χ4v) is 5.21. The van der Waals surface area contributed by atoms with E-state index in [1.54, 1.807) is 10.9 Å². The summed E-state index contributed by atoms with van der Waals surface area (Å²) < 4.78 is 56.2. The highest BCUT2D eigenvalue weighted by molar-refractivity contribution is 7.89. The summed E-state index contributed by atoms with van der Waals surface area (Å²) in [5.41, 5.74) is 2.72. The van der Waals surface area contributed by atoms with Gasteiger partial charge in [-0.25, -0.2) is 22.2 Å². The average Bonchev–Trinajstić information content (AvgIpc) is 2.95. The minimum absolute atomic E-state index is 0.164. The van der Waals surface area contributed by atoms with E-state index in [2.05, 4.69) is 15.0 Å². The Morgan fingerprint density at radius 3 is 2.41 bits per heavy atom. The van der Waals surface area contributed by atoms with Crippen LogP contribution in [-0.4, -0.2) is 58.6 Å². The van der Waals surface area contributed by atoms with Crippen molar-refractivity contribution >= 4 is 21.1 Å². The highest BCUT2D eigenvalue weighted by Crippen LogP contribution is 2.24. The molecule has 1 aromatic carbocycles. The molecule has 2 aromatic heterocycles. The van der Waals surface area contributed by atoms with E-state index < -0.39 is 26.6 Å². The number of fused-ring (bicyclic) bond motifs is 1. The number of benzene rings is 1. The largest absolute Gasteiger partial charge is 0.296 e. The van der Waals surface area contributed by atoms with Crippen molar-refractivity contribution in [2.75, 3.05) is 26.2 Å². The van der Waals surface area contributed by atoms with Gasteiger partial charge in [-0.2, -0.15) is 9.40 Å². The number of aryl methyl sites for hydroxylation is 2. The van der Waals surface area contributed by atoms with Crippen LogP contribution < -0.4 is 0 Å². The summed E-state index contributed by atoms with van der Waals surface area (Å²) >= 11 is 0. The number of pyridine rings is 1. The Morgan fingerprint density at radius 1 is 1.10 bits per heavy atom. The first-order valence-electron chi connectivity index (χ1n) is 9.22. The Kier molecular flexibility index (Phi) is 5.09. The minimum atomic E-state index is -4.22. The van der Waals surface area contributed by atoms with E-state index in [0.29, 0.717) is 19.6 Å². The molecule has 0 amide bonds. The van der Waals surface area contributed by atoms with Gasteiger partial charge in [-0.05, 0) is 30.7 Å². The molecule has 10 heteroatoms. The molecule has 0 saturated carbocycles. The summed E-state index contributed by atoms with van der Waals surface area (Å²) in [6.07, 6.45) is 1.79. The molecule has 1 saturated heterocycles. The molecule has 0 radical (unpaired) electrons. The highest BCUT2D eigenvalue weighted by Gasteiger charge is 2.33. The minimum Gasteiger partial charge on any atom is -0.296 e. The number of halogens is 2. The summed E-state index contributed by atoms with van der Waals surface area (Å²) in [6.45, 7) is 3.78. The number of rotatable bonds is 4. The van der Waals surface area contributed by atoms with Gasteiger partial charge < -0.3 is 0 Å². The summed E-state index contributed by atoms with van der Waals surface area (Å²) in [6, 6.07) is 5.10. The quantitative estimate of drug-likeness (QED) is 0.645. The van der Waals surface area contributed by atoms with Gasteiger partial charge in [0.15, 0.2) is 10.5 Å². The zero-order chi connectivity index (χ0) is 20.8. The first-order valence-corrected chi connectivity index (χ1v) is 10.7. The summed E-state index contributed by atoms with van der Waals surface area (Å²) in [7, 11) is -2.37. The lowest BCUT2D eigenvalue weighted by Crippen LogP contribution is -2.48. The zero-order valence-electron chi connectivity index (χ0n) is 16.1. The van der Waals surface area contributed by atoms with Gasteiger partial charge >= 0.3 is 0 Å². The Bertz CT molecular complexity index is 1150. The molecular formula is C19H21F2N5O2S. The van der Waals surface area contributed by atoms with Crippen LogP contribution in [0.5, 0.6) is 0 Å². The highest BCUT2D eigenvalue weighted by atomic mass is 32.2. The monoisotopic (exact) mass is 421 g/mol. The van der Waals surface area contributed by atoms with Crippen LogP contribution in [0.2, 0.25) is 0 Å².